The number of aryl methyl sites for hydroxylation is 1. The van der Waals surface area contributed by atoms with Gasteiger partial charge in [0.1, 0.15) is 0 Å². The van der Waals surface area contributed by atoms with Crippen molar-refractivity contribution in [3.63, 3.8) is 0 Å². The monoisotopic (exact) mass is 444 g/mol. The minimum atomic E-state index is -0.0155. The van der Waals surface area contributed by atoms with E-state index in [-0.39, 0.29) is 5.91 Å². The quantitative estimate of drug-likeness (QED) is 0.327. The number of thiophene rings is 1. The van der Waals surface area contributed by atoms with Crippen molar-refractivity contribution < 1.29 is 9.53 Å². The molecule has 2 heterocycles. The Hall–Kier alpha value is -2.16. The molecule has 0 spiro atoms. The van der Waals surface area contributed by atoms with Gasteiger partial charge in [0.2, 0.25) is 5.91 Å². The van der Waals surface area contributed by atoms with Crippen LogP contribution in [0.4, 0.5) is 0 Å². The normalized spacial score (nSPS) is 11.0. The number of methoxy groups -OCH3 is 1. The zero-order chi connectivity index (χ0) is 21.2. The highest BCUT2D eigenvalue weighted by molar-refractivity contribution is 7.99. The van der Waals surface area contributed by atoms with Crippen molar-refractivity contribution in [3.8, 4) is 16.4 Å². The molecule has 3 rings (SSSR count). The Bertz CT molecular complexity index is 908. The molecule has 0 aliphatic heterocycles. The molecule has 8 heteroatoms. The van der Waals surface area contributed by atoms with E-state index in [1.165, 1.54) is 30.2 Å². The lowest BCUT2D eigenvalue weighted by Crippen LogP contribution is -2.26. The van der Waals surface area contributed by atoms with Gasteiger partial charge in [0.25, 0.3) is 0 Å². The second-order valence-electron chi connectivity index (χ2n) is 6.87. The van der Waals surface area contributed by atoms with Crippen molar-refractivity contribution in [1.82, 2.24) is 20.1 Å². The van der Waals surface area contributed by atoms with Gasteiger partial charge in [-0.05, 0) is 48.4 Å². The summed E-state index contributed by atoms with van der Waals surface area (Å²) in [5, 5.41) is 14.5. The third-order valence-electron chi connectivity index (χ3n) is 4.57. The highest BCUT2D eigenvalue weighted by Gasteiger charge is 2.18. The van der Waals surface area contributed by atoms with Gasteiger partial charge < -0.3 is 10.1 Å². The average molecular weight is 445 g/mol. The molecular formula is C22H28N4O2S2. The number of unbranched alkanes of at least 4 members (excludes halogenated alkanes) is 1. The largest absolute Gasteiger partial charge is 0.385 e. The van der Waals surface area contributed by atoms with E-state index in [1.807, 2.05) is 22.1 Å². The van der Waals surface area contributed by atoms with Crippen LogP contribution in [0.5, 0.6) is 0 Å². The fraction of sp³-hybridized carbons (Fsp3) is 0.409. The number of hydrogen-bond donors (Lipinski definition) is 1. The molecule has 0 saturated heterocycles. The Morgan fingerprint density at radius 2 is 2.03 bits per heavy atom. The highest BCUT2D eigenvalue weighted by Crippen LogP contribution is 2.30. The summed E-state index contributed by atoms with van der Waals surface area (Å²) in [6, 6.07) is 12.6. The number of benzene rings is 1. The van der Waals surface area contributed by atoms with Gasteiger partial charge in [-0.3, -0.25) is 9.36 Å². The van der Waals surface area contributed by atoms with Gasteiger partial charge in [0.15, 0.2) is 11.0 Å². The van der Waals surface area contributed by atoms with Gasteiger partial charge in [0.05, 0.1) is 10.6 Å². The second-order valence-corrected chi connectivity index (χ2v) is 8.76. The third kappa shape index (κ3) is 6.17. The number of aromatic nitrogens is 3. The van der Waals surface area contributed by atoms with E-state index < -0.39 is 0 Å². The van der Waals surface area contributed by atoms with Gasteiger partial charge in [-0.25, -0.2) is 0 Å². The van der Waals surface area contributed by atoms with Crippen LogP contribution in [0.3, 0.4) is 0 Å². The predicted molar refractivity (Wildman–Crippen MR) is 124 cm³/mol. The molecule has 0 unspecified atom stereocenters. The topological polar surface area (TPSA) is 69.0 Å². The third-order valence-corrected chi connectivity index (χ3v) is 6.36. The van der Waals surface area contributed by atoms with Crippen LogP contribution in [-0.2, 0) is 16.0 Å². The molecule has 0 bridgehead atoms. The van der Waals surface area contributed by atoms with Crippen LogP contribution in [-0.4, -0.2) is 46.7 Å². The van der Waals surface area contributed by atoms with Crippen molar-refractivity contribution >= 4 is 29.0 Å². The van der Waals surface area contributed by atoms with Crippen molar-refractivity contribution in [2.45, 2.75) is 37.8 Å². The highest BCUT2D eigenvalue weighted by atomic mass is 32.2. The number of nitrogens with one attached hydrogen (secondary N) is 1. The van der Waals surface area contributed by atoms with E-state index >= 15 is 0 Å². The van der Waals surface area contributed by atoms with Crippen molar-refractivity contribution in [3.05, 3.63) is 47.3 Å². The molecule has 0 aliphatic carbocycles. The lowest BCUT2D eigenvalue weighted by atomic mass is 10.1. The van der Waals surface area contributed by atoms with Crippen LogP contribution in [0.25, 0.3) is 16.4 Å². The Labute approximate surface area is 186 Å². The van der Waals surface area contributed by atoms with Crippen molar-refractivity contribution in [1.29, 1.82) is 0 Å². The first-order chi connectivity index (χ1) is 14.7. The molecule has 0 atom stereocenters. The number of carbonyl (C=O) groups is 1. The minimum absolute atomic E-state index is 0.0155. The zero-order valence-electron chi connectivity index (χ0n) is 17.5. The van der Waals surface area contributed by atoms with Crippen LogP contribution < -0.4 is 5.32 Å². The van der Waals surface area contributed by atoms with E-state index in [0.717, 1.165) is 29.2 Å². The summed E-state index contributed by atoms with van der Waals surface area (Å²) in [6.07, 6.45) is 4.26. The van der Waals surface area contributed by atoms with Gasteiger partial charge in [-0.1, -0.05) is 43.3 Å². The summed E-state index contributed by atoms with van der Waals surface area (Å²) in [4.78, 5) is 13.2. The molecule has 30 heavy (non-hydrogen) atoms. The summed E-state index contributed by atoms with van der Waals surface area (Å²) in [5.74, 6) is 1.08. The first-order valence-corrected chi connectivity index (χ1v) is 12.1. The van der Waals surface area contributed by atoms with E-state index in [2.05, 4.69) is 46.7 Å². The molecule has 0 saturated carbocycles. The Morgan fingerprint density at radius 3 is 2.73 bits per heavy atom. The molecule has 1 aromatic carbocycles. The molecular weight excluding hydrogens is 416 g/mol. The smallest absolute Gasteiger partial charge is 0.230 e. The Balaban J connectivity index is 1.76. The fourth-order valence-electron chi connectivity index (χ4n) is 2.98. The summed E-state index contributed by atoms with van der Waals surface area (Å²) in [6.45, 7) is 3.45. The van der Waals surface area contributed by atoms with Crippen molar-refractivity contribution in [2.24, 2.45) is 0 Å². The Kier molecular flexibility index (Phi) is 8.92. The number of nitrogens with zero attached hydrogens (tertiary/aromatic N) is 3. The van der Waals surface area contributed by atoms with Gasteiger partial charge in [-0.2, -0.15) is 0 Å². The predicted octanol–water partition coefficient (Wildman–Crippen LogP) is 4.58. The van der Waals surface area contributed by atoms with E-state index in [1.54, 1.807) is 18.4 Å². The van der Waals surface area contributed by atoms with Gasteiger partial charge in [-0.15, -0.1) is 21.5 Å². The summed E-state index contributed by atoms with van der Waals surface area (Å²) >= 11 is 3.03. The number of carbonyl (C=O) groups excluding carboxylic acids is 1. The molecule has 3 aromatic rings. The van der Waals surface area contributed by atoms with Crippen LogP contribution >= 0.6 is 23.1 Å². The molecule has 1 amide bonds. The molecule has 160 valence electrons. The maximum Gasteiger partial charge on any atom is 0.230 e. The van der Waals surface area contributed by atoms with Crippen LogP contribution in [0, 0.1) is 0 Å². The van der Waals surface area contributed by atoms with Gasteiger partial charge >= 0.3 is 0 Å². The standard InChI is InChI=1S/C22H28N4O2S2/c1-3-4-7-17-9-11-18(12-10-17)26-21(19-8-5-15-29-19)24-25-22(26)30-16-20(27)23-13-6-14-28-2/h5,8-12,15H,3-4,6-7,13-14,16H2,1-2H3,(H,23,27). The van der Waals surface area contributed by atoms with E-state index in [9.17, 15) is 4.79 Å². The first-order valence-electron chi connectivity index (χ1n) is 10.2. The number of hydrogen-bond acceptors (Lipinski definition) is 6. The lowest BCUT2D eigenvalue weighted by molar-refractivity contribution is -0.118. The number of amides is 1. The van der Waals surface area contributed by atoms with Gasteiger partial charge in [0, 0.05) is 25.9 Å². The van der Waals surface area contributed by atoms with E-state index in [4.69, 9.17) is 4.74 Å². The SMILES string of the molecule is CCCCc1ccc(-n2c(SCC(=O)NCCCOC)nnc2-c2cccs2)cc1. The maximum absolute atomic E-state index is 12.2. The molecule has 0 fully saturated rings. The average Bonchev–Trinajstić information content (AvgIpc) is 3.44. The fourth-order valence-corrected chi connectivity index (χ4v) is 4.46. The second kappa shape index (κ2) is 11.9. The molecule has 2 aromatic heterocycles. The number of rotatable bonds is 12. The Morgan fingerprint density at radius 1 is 1.20 bits per heavy atom. The zero-order valence-corrected chi connectivity index (χ0v) is 19.1. The maximum atomic E-state index is 12.2. The summed E-state index contributed by atoms with van der Waals surface area (Å²) in [7, 11) is 1.66. The molecule has 1 N–H and O–H groups in total. The number of ether oxygens (including phenoxy) is 1. The number of thioether (sulfide) groups is 1. The van der Waals surface area contributed by atoms with Crippen LogP contribution in [0.1, 0.15) is 31.7 Å². The van der Waals surface area contributed by atoms with Crippen LogP contribution in [0.15, 0.2) is 46.9 Å². The molecule has 0 radical (unpaired) electrons. The summed E-state index contributed by atoms with van der Waals surface area (Å²) in [5.41, 5.74) is 2.34. The van der Waals surface area contributed by atoms with Crippen LogP contribution in [0.2, 0.25) is 0 Å². The minimum Gasteiger partial charge on any atom is -0.385 e. The summed E-state index contributed by atoms with van der Waals surface area (Å²) < 4.78 is 7.05. The lowest BCUT2D eigenvalue weighted by Gasteiger charge is -2.11. The van der Waals surface area contributed by atoms with Crippen molar-refractivity contribution in [2.75, 3.05) is 26.0 Å². The molecule has 0 aliphatic rings. The van der Waals surface area contributed by atoms with E-state index in [0.29, 0.717) is 24.1 Å². The molecule has 6 nitrogen and oxygen atoms in total. The first kappa shape index (κ1) is 22.5.